The number of thioether (sulfide) groups is 1. The van der Waals surface area contributed by atoms with Crippen molar-refractivity contribution in [2.24, 2.45) is 0 Å². The van der Waals surface area contributed by atoms with Crippen molar-refractivity contribution in [3.8, 4) is 0 Å². The van der Waals surface area contributed by atoms with Crippen molar-refractivity contribution in [2.45, 2.75) is 18.6 Å². The highest BCUT2D eigenvalue weighted by atomic mass is 35.5. The molecular formula is C13H17ClFNOS. The van der Waals surface area contributed by atoms with E-state index in [1.165, 1.54) is 6.07 Å². The second-order valence-electron chi connectivity index (χ2n) is 4.33. The summed E-state index contributed by atoms with van der Waals surface area (Å²) in [6.07, 6.45) is 0.999. The van der Waals surface area contributed by atoms with Crippen LogP contribution in [0.3, 0.4) is 0 Å². The molecule has 1 aromatic rings. The van der Waals surface area contributed by atoms with Gasteiger partial charge in [0.25, 0.3) is 0 Å². The second-order valence-corrected chi connectivity index (χ2v) is 5.89. The van der Waals surface area contributed by atoms with E-state index in [1.54, 1.807) is 12.1 Å². The van der Waals surface area contributed by atoms with Crippen LogP contribution in [0.25, 0.3) is 0 Å². The van der Waals surface area contributed by atoms with Gasteiger partial charge in [0.2, 0.25) is 0 Å². The van der Waals surface area contributed by atoms with E-state index in [1.807, 2.05) is 18.8 Å². The molecule has 0 saturated carbocycles. The fraction of sp³-hybridized carbons (Fsp3) is 0.538. The average Bonchev–Trinajstić information content (AvgIpc) is 2.41. The van der Waals surface area contributed by atoms with Gasteiger partial charge >= 0.3 is 0 Å². The minimum absolute atomic E-state index is 0.182. The van der Waals surface area contributed by atoms with Crippen LogP contribution >= 0.6 is 23.4 Å². The van der Waals surface area contributed by atoms with Crippen molar-refractivity contribution in [1.29, 1.82) is 0 Å². The number of hydrogen-bond acceptors (Lipinski definition) is 3. The summed E-state index contributed by atoms with van der Waals surface area (Å²) in [5, 5.41) is 3.46. The minimum atomic E-state index is -0.370. The molecule has 1 heterocycles. The van der Waals surface area contributed by atoms with Crippen LogP contribution in [0.2, 0.25) is 5.02 Å². The molecule has 1 aromatic carbocycles. The Morgan fingerprint density at radius 2 is 2.44 bits per heavy atom. The normalized spacial score (nSPS) is 21.8. The van der Waals surface area contributed by atoms with Crippen LogP contribution in [0, 0.1) is 5.82 Å². The van der Waals surface area contributed by atoms with Crippen LogP contribution in [0.15, 0.2) is 18.2 Å². The molecule has 2 rings (SSSR count). The molecule has 1 aliphatic heterocycles. The van der Waals surface area contributed by atoms with Gasteiger partial charge in [0.05, 0.1) is 17.7 Å². The first-order valence-corrected chi connectivity index (χ1v) is 7.54. The molecule has 0 aliphatic carbocycles. The highest BCUT2D eigenvalue weighted by Gasteiger charge is 2.23. The van der Waals surface area contributed by atoms with E-state index in [9.17, 15) is 4.39 Å². The topological polar surface area (TPSA) is 21.3 Å². The number of rotatable bonds is 4. The lowest BCUT2D eigenvalue weighted by atomic mass is 10.0. The standard InChI is InChI=1S/C13H17ClFNOS/c1-16-12(13-8-18-5-4-17-13)7-9-2-3-11(15)10(14)6-9/h2-3,6,12-13,16H,4-5,7-8H2,1H3. The molecular weight excluding hydrogens is 273 g/mol. The van der Waals surface area contributed by atoms with Crippen LogP contribution in [0.1, 0.15) is 5.56 Å². The summed E-state index contributed by atoms with van der Waals surface area (Å²) in [4.78, 5) is 0. The first-order chi connectivity index (χ1) is 8.70. The highest BCUT2D eigenvalue weighted by Crippen LogP contribution is 2.21. The third-order valence-corrected chi connectivity index (χ3v) is 4.41. The maximum Gasteiger partial charge on any atom is 0.141 e. The van der Waals surface area contributed by atoms with Gasteiger partial charge in [0, 0.05) is 17.5 Å². The lowest BCUT2D eigenvalue weighted by molar-refractivity contribution is 0.0492. The molecule has 1 fully saturated rings. The van der Waals surface area contributed by atoms with Crippen LogP contribution in [0.5, 0.6) is 0 Å². The van der Waals surface area contributed by atoms with Crippen molar-refractivity contribution >= 4 is 23.4 Å². The highest BCUT2D eigenvalue weighted by molar-refractivity contribution is 7.99. The Kier molecular flexibility index (Phi) is 5.30. The largest absolute Gasteiger partial charge is 0.375 e. The number of benzene rings is 1. The molecule has 1 saturated heterocycles. The summed E-state index contributed by atoms with van der Waals surface area (Å²) in [7, 11) is 1.93. The summed E-state index contributed by atoms with van der Waals surface area (Å²) in [6, 6.07) is 5.12. The fourth-order valence-corrected chi connectivity index (χ4v) is 3.22. The van der Waals surface area contributed by atoms with Gasteiger partial charge in [-0.1, -0.05) is 17.7 Å². The maximum atomic E-state index is 13.1. The molecule has 18 heavy (non-hydrogen) atoms. The summed E-state index contributed by atoms with van der Waals surface area (Å²) in [5.74, 6) is 1.70. The molecule has 2 nitrogen and oxygen atoms in total. The molecule has 5 heteroatoms. The molecule has 1 N–H and O–H groups in total. The maximum absolute atomic E-state index is 13.1. The van der Waals surface area contributed by atoms with Gasteiger partial charge in [-0.25, -0.2) is 4.39 Å². The third-order valence-electron chi connectivity index (χ3n) is 3.10. The Morgan fingerprint density at radius 1 is 1.61 bits per heavy atom. The molecule has 2 unspecified atom stereocenters. The van der Waals surface area contributed by atoms with Gasteiger partial charge in [-0.2, -0.15) is 11.8 Å². The zero-order valence-corrected chi connectivity index (χ0v) is 11.9. The van der Waals surface area contributed by atoms with Crippen molar-refractivity contribution in [1.82, 2.24) is 5.32 Å². The molecule has 1 aliphatic rings. The zero-order valence-electron chi connectivity index (χ0n) is 10.3. The summed E-state index contributed by atoms with van der Waals surface area (Å²) >= 11 is 7.71. The van der Waals surface area contributed by atoms with Crippen molar-refractivity contribution < 1.29 is 9.13 Å². The first kappa shape index (κ1) is 14.1. The third kappa shape index (κ3) is 3.60. The van der Waals surface area contributed by atoms with Gasteiger partial charge in [-0.05, 0) is 31.2 Å². The van der Waals surface area contributed by atoms with Gasteiger partial charge in [-0.3, -0.25) is 0 Å². The van der Waals surface area contributed by atoms with E-state index in [-0.39, 0.29) is 23.0 Å². The van der Waals surface area contributed by atoms with Crippen molar-refractivity contribution in [2.75, 3.05) is 25.2 Å². The summed E-state index contributed by atoms with van der Waals surface area (Å²) in [5.41, 5.74) is 1.03. The molecule has 2 atom stereocenters. The van der Waals surface area contributed by atoms with Crippen LogP contribution in [-0.2, 0) is 11.2 Å². The monoisotopic (exact) mass is 289 g/mol. The lowest BCUT2D eigenvalue weighted by Crippen LogP contribution is -2.44. The van der Waals surface area contributed by atoms with E-state index in [0.29, 0.717) is 0 Å². The van der Waals surface area contributed by atoms with E-state index >= 15 is 0 Å². The van der Waals surface area contributed by atoms with Crippen molar-refractivity contribution in [3.63, 3.8) is 0 Å². The Labute approximate surface area is 116 Å². The first-order valence-electron chi connectivity index (χ1n) is 6.01. The molecule has 0 amide bonds. The SMILES string of the molecule is CNC(Cc1ccc(F)c(Cl)c1)C1CSCCO1. The second kappa shape index (κ2) is 6.75. The lowest BCUT2D eigenvalue weighted by Gasteiger charge is -2.30. The smallest absolute Gasteiger partial charge is 0.141 e. The summed E-state index contributed by atoms with van der Waals surface area (Å²) in [6.45, 7) is 0.803. The van der Waals surface area contributed by atoms with Gasteiger partial charge < -0.3 is 10.1 Å². The molecule has 0 radical (unpaired) electrons. The molecule has 100 valence electrons. The number of ether oxygens (including phenoxy) is 1. The van der Waals surface area contributed by atoms with E-state index in [2.05, 4.69) is 5.32 Å². The van der Waals surface area contributed by atoms with Crippen LogP contribution < -0.4 is 5.32 Å². The minimum Gasteiger partial charge on any atom is -0.375 e. The van der Waals surface area contributed by atoms with E-state index in [0.717, 1.165) is 30.1 Å². The molecule has 0 aromatic heterocycles. The fourth-order valence-electron chi connectivity index (χ4n) is 2.08. The zero-order chi connectivity index (χ0) is 13.0. The van der Waals surface area contributed by atoms with Gasteiger partial charge in [0.15, 0.2) is 0 Å². The Morgan fingerprint density at radius 3 is 3.06 bits per heavy atom. The van der Waals surface area contributed by atoms with Crippen molar-refractivity contribution in [3.05, 3.63) is 34.6 Å². The number of hydrogen-bond donors (Lipinski definition) is 1. The molecule has 0 bridgehead atoms. The van der Waals surface area contributed by atoms with E-state index < -0.39 is 0 Å². The number of nitrogens with one attached hydrogen (secondary N) is 1. The Balaban J connectivity index is 2.02. The predicted octanol–water partition coefficient (Wildman–Crippen LogP) is 2.74. The Hall–Kier alpha value is -0.290. The predicted molar refractivity (Wildman–Crippen MR) is 75.0 cm³/mol. The van der Waals surface area contributed by atoms with Gasteiger partial charge in [0.1, 0.15) is 5.82 Å². The number of likely N-dealkylation sites (N-methyl/N-ethyl adjacent to an activating group) is 1. The van der Waals surface area contributed by atoms with Crippen LogP contribution in [0.4, 0.5) is 4.39 Å². The van der Waals surface area contributed by atoms with E-state index in [4.69, 9.17) is 16.3 Å². The average molecular weight is 290 g/mol. The Bertz CT molecular complexity index is 399. The quantitative estimate of drug-likeness (QED) is 0.921. The molecule has 0 spiro atoms. The number of halogens is 2. The van der Waals surface area contributed by atoms with Gasteiger partial charge in [-0.15, -0.1) is 0 Å². The van der Waals surface area contributed by atoms with Crippen LogP contribution in [-0.4, -0.2) is 37.3 Å². The summed E-state index contributed by atoms with van der Waals surface area (Å²) < 4.78 is 18.9.